The molecule has 0 unspecified atom stereocenters. The summed E-state index contributed by atoms with van der Waals surface area (Å²) in [6.45, 7) is 5.54. The Hall–Kier alpha value is -1.10. The van der Waals surface area contributed by atoms with Gasteiger partial charge in [0, 0.05) is 19.1 Å². The number of hydrogen-bond donors (Lipinski definition) is 2. The van der Waals surface area contributed by atoms with Gasteiger partial charge in [0.2, 0.25) is 5.91 Å². The van der Waals surface area contributed by atoms with Crippen molar-refractivity contribution in [2.75, 3.05) is 33.4 Å². The standard InChI is InChI=1S/C21H32N2O2.ClH/c1-17-6-5-7-18(14-17)21(8-3-4-9-21)19(24)23-15-20(16-25-2)10-12-22-13-11-20;/h5-7,14,22H,3-4,8-13,15-16H2,1-2H3,(H,23,24);1H. The maximum Gasteiger partial charge on any atom is 0.230 e. The number of amides is 1. The van der Waals surface area contributed by atoms with Crippen LogP contribution in [0.1, 0.15) is 49.7 Å². The average Bonchev–Trinajstić information content (AvgIpc) is 3.12. The summed E-state index contributed by atoms with van der Waals surface area (Å²) in [5, 5.41) is 6.74. The van der Waals surface area contributed by atoms with E-state index in [4.69, 9.17) is 4.74 Å². The largest absolute Gasteiger partial charge is 0.384 e. The molecule has 0 aromatic heterocycles. The minimum Gasteiger partial charge on any atom is -0.384 e. The van der Waals surface area contributed by atoms with E-state index in [-0.39, 0.29) is 29.1 Å². The van der Waals surface area contributed by atoms with E-state index in [2.05, 4.69) is 41.8 Å². The highest BCUT2D eigenvalue weighted by Gasteiger charge is 2.43. The molecule has 1 heterocycles. The van der Waals surface area contributed by atoms with Crippen LogP contribution in [-0.4, -0.2) is 39.3 Å². The molecular formula is C21H33ClN2O2. The molecule has 1 aliphatic carbocycles. The van der Waals surface area contributed by atoms with E-state index in [1.807, 2.05) is 0 Å². The zero-order valence-electron chi connectivity index (χ0n) is 16.1. The molecule has 0 spiro atoms. The average molecular weight is 381 g/mol. The first kappa shape index (κ1) is 21.2. The number of halogens is 1. The first-order valence-electron chi connectivity index (χ1n) is 9.65. The summed E-state index contributed by atoms with van der Waals surface area (Å²) in [7, 11) is 1.76. The third-order valence-electron chi connectivity index (χ3n) is 6.20. The molecule has 1 aromatic rings. The van der Waals surface area contributed by atoms with Crippen molar-refractivity contribution in [1.82, 2.24) is 10.6 Å². The lowest BCUT2D eigenvalue weighted by Gasteiger charge is -2.38. The van der Waals surface area contributed by atoms with E-state index in [0.29, 0.717) is 6.61 Å². The molecule has 146 valence electrons. The number of benzene rings is 1. The zero-order valence-corrected chi connectivity index (χ0v) is 16.9. The van der Waals surface area contributed by atoms with Crippen molar-refractivity contribution in [3.8, 4) is 0 Å². The Morgan fingerprint density at radius 1 is 1.19 bits per heavy atom. The second-order valence-electron chi connectivity index (χ2n) is 8.02. The molecule has 0 bridgehead atoms. The quantitative estimate of drug-likeness (QED) is 0.795. The summed E-state index contributed by atoms with van der Waals surface area (Å²) >= 11 is 0. The highest BCUT2D eigenvalue weighted by Crippen LogP contribution is 2.42. The van der Waals surface area contributed by atoms with E-state index in [0.717, 1.165) is 58.2 Å². The Labute approximate surface area is 163 Å². The second-order valence-corrected chi connectivity index (χ2v) is 8.02. The summed E-state index contributed by atoms with van der Waals surface area (Å²) in [6.07, 6.45) is 6.29. The molecular weight excluding hydrogens is 348 g/mol. The lowest BCUT2D eigenvalue weighted by Crippen LogP contribution is -2.51. The zero-order chi connectivity index (χ0) is 17.8. The van der Waals surface area contributed by atoms with Crippen LogP contribution in [0.2, 0.25) is 0 Å². The van der Waals surface area contributed by atoms with Crippen molar-refractivity contribution < 1.29 is 9.53 Å². The predicted molar refractivity (Wildman–Crippen MR) is 108 cm³/mol. The summed E-state index contributed by atoms with van der Waals surface area (Å²) < 4.78 is 5.49. The van der Waals surface area contributed by atoms with Crippen LogP contribution in [0.15, 0.2) is 24.3 Å². The van der Waals surface area contributed by atoms with Crippen LogP contribution in [0.5, 0.6) is 0 Å². The number of rotatable bonds is 6. The third-order valence-corrected chi connectivity index (χ3v) is 6.20. The Kier molecular flexibility index (Phi) is 7.51. The molecule has 2 N–H and O–H groups in total. The first-order valence-corrected chi connectivity index (χ1v) is 9.65. The highest BCUT2D eigenvalue weighted by atomic mass is 35.5. The number of methoxy groups -OCH3 is 1. The molecule has 2 fully saturated rings. The number of nitrogens with one attached hydrogen (secondary N) is 2. The fourth-order valence-electron chi connectivity index (χ4n) is 4.64. The normalized spacial score (nSPS) is 21.0. The summed E-state index contributed by atoms with van der Waals surface area (Å²) in [4.78, 5) is 13.3. The van der Waals surface area contributed by atoms with Crippen LogP contribution in [0.3, 0.4) is 0 Å². The molecule has 1 amide bonds. The molecule has 1 aliphatic heterocycles. The van der Waals surface area contributed by atoms with Gasteiger partial charge in [-0.2, -0.15) is 0 Å². The van der Waals surface area contributed by atoms with Gasteiger partial charge in [0.15, 0.2) is 0 Å². The molecule has 1 saturated heterocycles. The van der Waals surface area contributed by atoms with Gasteiger partial charge in [-0.25, -0.2) is 0 Å². The van der Waals surface area contributed by atoms with Crippen LogP contribution in [0.4, 0.5) is 0 Å². The first-order chi connectivity index (χ1) is 12.1. The molecule has 0 atom stereocenters. The van der Waals surface area contributed by atoms with Crippen molar-refractivity contribution >= 4 is 18.3 Å². The fraction of sp³-hybridized carbons (Fsp3) is 0.667. The highest BCUT2D eigenvalue weighted by molar-refractivity contribution is 5.88. The molecule has 2 aliphatic rings. The Morgan fingerprint density at radius 2 is 1.88 bits per heavy atom. The van der Waals surface area contributed by atoms with E-state index in [1.165, 1.54) is 11.1 Å². The number of aryl methyl sites for hydroxylation is 1. The lowest BCUT2D eigenvalue weighted by molar-refractivity contribution is -0.127. The molecule has 0 radical (unpaired) electrons. The number of hydrogen-bond acceptors (Lipinski definition) is 3. The van der Waals surface area contributed by atoms with E-state index < -0.39 is 0 Å². The second kappa shape index (κ2) is 9.20. The minimum absolute atomic E-state index is 0. The van der Waals surface area contributed by atoms with Crippen LogP contribution in [-0.2, 0) is 14.9 Å². The van der Waals surface area contributed by atoms with E-state index in [9.17, 15) is 4.79 Å². The van der Waals surface area contributed by atoms with Gasteiger partial charge in [0.1, 0.15) is 0 Å². The van der Waals surface area contributed by atoms with Gasteiger partial charge < -0.3 is 15.4 Å². The Bertz CT molecular complexity index is 588. The molecule has 3 rings (SSSR count). The molecule has 26 heavy (non-hydrogen) atoms. The molecule has 1 saturated carbocycles. The fourth-order valence-corrected chi connectivity index (χ4v) is 4.64. The summed E-state index contributed by atoms with van der Waals surface area (Å²) in [5.74, 6) is 0.213. The van der Waals surface area contributed by atoms with Gasteiger partial charge >= 0.3 is 0 Å². The number of piperidine rings is 1. The monoisotopic (exact) mass is 380 g/mol. The third kappa shape index (κ3) is 4.41. The minimum atomic E-state index is -0.340. The number of carbonyl (C=O) groups is 1. The van der Waals surface area contributed by atoms with Gasteiger partial charge in [0.25, 0.3) is 0 Å². The lowest BCUT2D eigenvalue weighted by atomic mass is 9.76. The van der Waals surface area contributed by atoms with Crippen molar-refractivity contribution in [2.24, 2.45) is 5.41 Å². The van der Waals surface area contributed by atoms with Crippen molar-refractivity contribution in [3.63, 3.8) is 0 Å². The van der Waals surface area contributed by atoms with Crippen molar-refractivity contribution in [2.45, 2.75) is 50.9 Å². The summed E-state index contributed by atoms with van der Waals surface area (Å²) in [6, 6.07) is 8.51. The molecule has 5 heteroatoms. The predicted octanol–water partition coefficient (Wildman–Crippen LogP) is 3.36. The smallest absolute Gasteiger partial charge is 0.230 e. The Morgan fingerprint density at radius 3 is 2.50 bits per heavy atom. The maximum absolute atomic E-state index is 13.3. The molecule has 4 nitrogen and oxygen atoms in total. The SMILES string of the molecule is COCC1(CNC(=O)C2(c3cccc(C)c3)CCCC2)CCNCC1.Cl. The maximum atomic E-state index is 13.3. The topological polar surface area (TPSA) is 50.4 Å². The number of carbonyl (C=O) groups excluding carboxylic acids is 1. The van der Waals surface area contributed by atoms with E-state index in [1.54, 1.807) is 7.11 Å². The number of ether oxygens (including phenoxy) is 1. The van der Waals surface area contributed by atoms with Crippen LogP contribution >= 0.6 is 12.4 Å². The Balaban J connectivity index is 0.00000243. The van der Waals surface area contributed by atoms with Crippen LogP contribution in [0.25, 0.3) is 0 Å². The van der Waals surface area contributed by atoms with Gasteiger partial charge in [-0.3, -0.25) is 4.79 Å². The van der Waals surface area contributed by atoms with Gasteiger partial charge in [0.05, 0.1) is 12.0 Å². The van der Waals surface area contributed by atoms with Gasteiger partial charge in [-0.05, 0) is 51.3 Å². The van der Waals surface area contributed by atoms with Crippen molar-refractivity contribution in [3.05, 3.63) is 35.4 Å². The molecule has 1 aromatic carbocycles. The van der Waals surface area contributed by atoms with Crippen molar-refractivity contribution in [1.29, 1.82) is 0 Å². The summed E-state index contributed by atoms with van der Waals surface area (Å²) in [5.41, 5.74) is 2.15. The van der Waals surface area contributed by atoms with E-state index >= 15 is 0 Å². The van der Waals surface area contributed by atoms with Gasteiger partial charge in [-0.15, -0.1) is 12.4 Å². The van der Waals surface area contributed by atoms with Crippen LogP contribution < -0.4 is 10.6 Å². The van der Waals surface area contributed by atoms with Crippen LogP contribution in [0, 0.1) is 12.3 Å². The van der Waals surface area contributed by atoms with Gasteiger partial charge in [-0.1, -0.05) is 42.7 Å².